The Hall–Kier alpha value is -0.0900. The Bertz CT molecular complexity index is 130. The van der Waals surface area contributed by atoms with Crippen LogP contribution in [0.5, 0.6) is 0 Å². The number of sulfone groups is 1. The summed E-state index contributed by atoms with van der Waals surface area (Å²) in [6.07, 6.45) is 4.70. The molecule has 0 aromatic carbocycles. The molecule has 0 aromatic rings. The molecule has 0 heterocycles. The fourth-order valence-electron chi connectivity index (χ4n) is 0.204. The lowest BCUT2D eigenvalue weighted by molar-refractivity contribution is 0.607. The Morgan fingerprint density at radius 1 is 1.30 bits per heavy atom. The highest BCUT2D eigenvalue weighted by molar-refractivity contribution is 7.89. The fourth-order valence-corrected chi connectivity index (χ4v) is 0.204. The van der Waals surface area contributed by atoms with E-state index in [2.05, 4.69) is 6.92 Å². The van der Waals surface area contributed by atoms with Crippen LogP contribution in [0, 0.1) is 0 Å². The van der Waals surface area contributed by atoms with E-state index >= 15 is 0 Å². The van der Waals surface area contributed by atoms with Crippen molar-refractivity contribution >= 4 is 9.84 Å². The van der Waals surface area contributed by atoms with Gasteiger partial charge >= 0.3 is 0 Å². The van der Waals surface area contributed by atoms with Crippen LogP contribution in [0.4, 0.5) is 0 Å². The van der Waals surface area contributed by atoms with E-state index in [1.807, 2.05) is 0 Å². The second kappa shape index (κ2) is 7.02. The third kappa shape index (κ3) is 104. The van der Waals surface area contributed by atoms with Crippen molar-refractivity contribution in [2.45, 2.75) is 19.8 Å². The van der Waals surface area contributed by atoms with Crippen LogP contribution >= 0.6 is 0 Å². The van der Waals surface area contributed by atoms with Gasteiger partial charge in [0.15, 0.2) is 0 Å². The van der Waals surface area contributed by atoms with Gasteiger partial charge in [0, 0.05) is 12.5 Å². The molecule has 0 amide bonds. The zero-order valence-electron chi connectivity index (χ0n) is 6.92. The molecule has 0 radical (unpaired) electrons. The molecule has 4 heteroatoms. The van der Waals surface area contributed by atoms with Crippen LogP contribution in [0.3, 0.4) is 0 Å². The fraction of sp³-hybridized carbons (Fsp3) is 1.00. The Labute approximate surface area is 63.5 Å². The van der Waals surface area contributed by atoms with Gasteiger partial charge in [0.05, 0.1) is 0 Å². The molecule has 10 heavy (non-hydrogen) atoms. The third-order valence-corrected chi connectivity index (χ3v) is 0.558. The van der Waals surface area contributed by atoms with Crippen LogP contribution in [-0.2, 0) is 9.84 Å². The van der Waals surface area contributed by atoms with E-state index in [1.165, 1.54) is 12.8 Å². The van der Waals surface area contributed by atoms with Crippen LogP contribution in [0.15, 0.2) is 0 Å². The summed E-state index contributed by atoms with van der Waals surface area (Å²) in [7, 11) is -2.67. The molecule has 0 unspecified atom stereocenters. The van der Waals surface area contributed by atoms with Gasteiger partial charge < -0.3 is 5.73 Å². The lowest BCUT2D eigenvalue weighted by Crippen LogP contribution is -1.95. The van der Waals surface area contributed by atoms with Gasteiger partial charge in [-0.15, -0.1) is 0 Å². The van der Waals surface area contributed by atoms with Crippen LogP contribution < -0.4 is 5.73 Å². The summed E-state index contributed by atoms with van der Waals surface area (Å²) in [4.78, 5) is 0. The minimum absolute atomic E-state index is 0.844. The predicted molar refractivity (Wildman–Crippen MR) is 44.7 cm³/mol. The van der Waals surface area contributed by atoms with Crippen molar-refractivity contribution in [1.29, 1.82) is 0 Å². The molecular formula is C6H17NO2S. The highest BCUT2D eigenvalue weighted by Crippen LogP contribution is 1.77. The molecule has 0 aliphatic carbocycles. The molecule has 0 saturated heterocycles. The van der Waals surface area contributed by atoms with Crippen LogP contribution in [0.25, 0.3) is 0 Å². The molecule has 0 aromatic heterocycles. The molecule has 3 nitrogen and oxygen atoms in total. The normalized spacial score (nSPS) is 10.0. The Morgan fingerprint density at radius 2 is 1.60 bits per heavy atom. The maximum Gasteiger partial charge on any atom is 0.144 e. The van der Waals surface area contributed by atoms with Gasteiger partial charge in [-0.3, -0.25) is 0 Å². The standard InChI is InChI=1S/C4H11N.C2H6O2S/c1-2-3-4-5;1-5(2,3)4/h2-5H2,1H3;1-2H3. The molecule has 0 atom stereocenters. The maximum atomic E-state index is 9.63. The number of hydrogen-bond donors (Lipinski definition) is 1. The first-order chi connectivity index (χ1) is 4.41. The van der Waals surface area contributed by atoms with Crippen LogP contribution in [0.2, 0.25) is 0 Å². The summed E-state index contributed by atoms with van der Waals surface area (Å²) in [6, 6.07) is 0. The van der Waals surface area contributed by atoms with Crippen molar-refractivity contribution in [3.05, 3.63) is 0 Å². The highest BCUT2D eigenvalue weighted by Gasteiger charge is 1.79. The maximum absolute atomic E-state index is 9.63. The summed E-state index contributed by atoms with van der Waals surface area (Å²) in [6.45, 7) is 2.98. The quantitative estimate of drug-likeness (QED) is 0.648. The molecule has 0 fully saturated rings. The molecule has 0 rings (SSSR count). The average molecular weight is 167 g/mol. The molecule has 2 N–H and O–H groups in total. The van der Waals surface area contributed by atoms with Gasteiger partial charge in [-0.2, -0.15) is 0 Å². The van der Waals surface area contributed by atoms with E-state index in [-0.39, 0.29) is 0 Å². The van der Waals surface area contributed by atoms with E-state index < -0.39 is 9.84 Å². The van der Waals surface area contributed by atoms with Crippen molar-refractivity contribution in [2.24, 2.45) is 5.73 Å². The average Bonchev–Trinajstić information content (AvgIpc) is 1.63. The SMILES string of the molecule is CCCCN.CS(C)(=O)=O. The van der Waals surface area contributed by atoms with Crippen LogP contribution in [0.1, 0.15) is 19.8 Å². The lowest BCUT2D eigenvalue weighted by Gasteiger charge is -1.80. The van der Waals surface area contributed by atoms with Crippen molar-refractivity contribution in [3.63, 3.8) is 0 Å². The van der Waals surface area contributed by atoms with Crippen molar-refractivity contribution < 1.29 is 8.42 Å². The second-order valence-electron chi connectivity index (χ2n) is 2.29. The zero-order valence-corrected chi connectivity index (χ0v) is 7.74. The topological polar surface area (TPSA) is 60.2 Å². The van der Waals surface area contributed by atoms with E-state index in [0.717, 1.165) is 19.1 Å². The molecule has 0 bridgehead atoms. The molecule has 0 aliphatic rings. The van der Waals surface area contributed by atoms with Gasteiger partial charge in [-0.05, 0) is 13.0 Å². The molecule has 0 spiro atoms. The highest BCUT2D eigenvalue weighted by atomic mass is 32.2. The van der Waals surface area contributed by atoms with Crippen molar-refractivity contribution in [2.75, 3.05) is 19.1 Å². The lowest BCUT2D eigenvalue weighted by atomic mass is 10.3. The van der Waals surface area contributed by atoms with Gasteiger partial charge in [0.2, 0.25) is 0 Å². The molecular weight excluding hydrogens is 150 g/mol. The zero-order chi connectivity index (χ0) is 8.62. The van der Waals surface area contributed by atoms with Gasteiger partial charge in [0.25, 0.3) is 0 Å². The van der Waals surface area contributed by atoms with E-state index in [0.29, 0.717) is 0 Å². The Balaban J connectivity index is 0. The third-order valence-electron chi connectivity index (χ3n) is 0.558. The summed E-state index contributed by atoms with van der Waals surface area (Å²) >= 11 is 0. The Morgan fingerprint density at radius 3 is 1.60 bits per heavy atom. The predicted octanol–water partition coefficient (Wildman–Crippen LogP) is 0.406. The molecule has 0 saturated carbocycles. The van der Waals surface area contributed by atoms with Gasteiger partial charge in [-0.1, -0.05) is 13.3 Å². The monoisotopic (exact) mass is 167 g/mol. The Kier molecular flexibility index (Phi) is 8.83. The second-order valence-corrected chi connectivity index (χ2v) is 4.57. The van der Waals surface area contributed by atoms with E-state index in [1.54, 1.807) is 0 Å². The van der Waals surface area contributed by atoms with Crippen LogP contribution in [-0.4, -0.2) is 27.5 Å². The number of unbranched alkanes of at least 4 members (excludes halogenated alkanes) is 1. The number of rotatable bonds is 2. The minimum Gasteiger partial charge on any atom is -0.330 e. The summed E-state index contributed by atoms with van der Waals surface area (Å²) in [5.74, 6) is 0. The largest absolute Gasteiger partial charge is 0.330 e. The van der Waals surface area contributed by atoms with E-state index in [9.17, 15) is 8.42 Å². The van der Waals surface area contributed by atoms with Gasteiger partial charge in [-0.25, -0.2) is 8.42 Å². The first kappa shape index (κ1) is 12.6. The molecule has 64 valence electrons. The first-order valence-corrected chi connectivity index (χ1v) is 5.56. The smallest absolute Gasteiger partial charge is 0.144 e. The first-order valence-electron chi connectivity index (χ1n) is 3.27. The minimum atomic E-state index is -2.67. The van der Waals surface area contributed by atoms with E-state index in [4.69, 9.17) is 5.73 Å². The summed E-state index contributed by atoms with van der Waals surface area (Å²) in [5, 5.41) is 0. The summed E-state index contributed by atoms with van der Waals surface area (Å²) in [5.41, 5.74) is 5.14. The van der Waals surface area contributed by atoms with Crippen molar-refractivity contribution in [3.8, 4) is 0 Å². The summed E-state index contributed by atoms with van der Waals surface area (Å²) < 4.78 is 19.3. The number of hydrogen-bond acceptors (Lipinski definition) is 3. The van der Waals surface area contributed by atoms with Crippen molar-refractivity contribution in [1.82, 2.24) is 0 Å². The number of nitrogens with two attached hydrogens (primary N) is 1. The molecule has 0 aliphatic heterocycles. The van der Waals surface area contributed by atoms with Gasteiger partial charge in [0.1, 0.15) is 9.84 Å².